The van der Waals surface area contributed by atoms with Crippen LogP contribution in [0.3, 0.4) is 0 Å². The zero-order valence-corrected chi connectivity index (χ0v) is 24.6. The molecule has 0 unspecified atom stereocenters. The highest BCUT2D eigenvalue weighted by Crippen LogP contribution is 2.47. The summed E-state index contributed by atoms with van der Waals surface area (Å²) in [6, 6.07) is 11.6. The molecule has 0 saturated heterocycles. The van der Waals surface area contributed by atoms with E-state index in [1.165, 1.54) is 5.56 Å². The van der Waals surface area contributed by atoms with E-state index in [9.17, 15) is 21.4 Å². The predicted molar refractivity (Wildman–Crippen MR) is 154 cm³/mol. The number of para-hydroxylation sites is 2. The molecule has 210 valence electrons. The average molecular weight is 594 g/mol. The van der Waals surface area contributed by atoms with Gasteiger partial charge < -0.3 is 9.32 Å². The number of nitrogens with zero attached hydrogens (tertiary/aromatic N) is 2. The van der Waals surface area contributed by atoms with Gasteiger partial charge in [-0.3, -0.25) is 9.11 Å². The monoisotopic (exact) mass is 593 g/mol. The number of oxazole rings is 1. The number of hydrogen-bond acceptors (Lipinski definition) is 7. The van der Waals surface area contributed by atoms with Gasteiger partial charge in [-0.05, 0) is 74.1 Å². The van der Waals surface area contributed by atoms with Crippen LogP contribution in [0.25, 0.3) is 17.2 Å². The fourth-order valence-corrected chi connectivity index (χ4v) is 6.63. The quantitative estimate of drug-likeness (QED) is 0.176. The first-order valence-corrected chi connectivity index (χ1v) is 16.7. The molecule has 2 aromatic carbocycles. The van der Waals surface area contributed by atoms with Gasteiger partial charge in [0, 0.05) is 17.5 Å². The van der Waals surface area contributed by atoms with Crippen LogP contribution in [0.2, 0.25) is 0 Å². The molecule has 1 aromatic heterocycles. The number of thioether (sulfide) groups is 1. The lowest BCUT2D eigenvalue weighted by Gasteiger charge is -2.21. The van der Waals surface area contributed by atoms with E-state index in [1.807, 2.05) is 37.3 Å². The van der Waals surface area contributed by atoms with E-state index in [4.69, 9.17) is 8.97 Å². The standard InChI is InChI=1S/C27H32N2O7S3/c1-4-21(17-26-28(12-14-39(33,34)35)22-9-5-6-10-24(22)36-26)18-27-29(11-7-8-13-38(30,31)32)23-15-19(2)20(3)16-25(23)37-27/h5-6,9-10,15-18H,4,7-8,11-14H2,1-3H3,(H-,30,31,32,33,34,35)/p+1. The molecule has 0 radical (unpaired) electrons. The molecule has 2 heterocycles. The van der Waals surface area contributed by atoms with Crippen molar-refractivity contribution >= 4 is 54.9 Å². The smallest absolute Gasteiger partial charge is 0.374 e. The van der Waals surface area contributed by atoms with Crippen molar-refractivity contribution in [1.29, 1.82) is 0 Å². The number of hydrogen-bond donors (Lipinski definition) is 2. The first-order valence-electron chi connectivity index (χ1n) is 12.6. The number of rotatable bonds is 11. The lowest BCUT2D eigenvalue weighted by Crippen LogP contribution is -2.38. The Kier molecular flexibility index (Phi) is 8.91. The van der Waals surface area contributed by atoms with Crippen LogP contribution in [0.1, 0.15) is 43.2 Å². The SMILES string of the molecule is CCC(=Cc1oc2ccccc2[n+]1CCS(=O)(=O)O)C=C1Sc2cc(C)c(C)cc2N1CCCCS(=O)(=O)O. The van der Waals surface area contributed by atoms with Gasteiger partial charge in [-0.15, -0.1) is 0 Å². The van der Waals surface area contributed by atoms with Crippen LogP contribution in [-0.2, 0) is 26.8 Å². The highest BCUT2D eigenvalue weighted by Gasteiger charge is 2.27. The van der Waals surface area contributed by atoms with Crippen molar-refractivity contribution in [2.75, 3.05) is 23.0 Å². The summed E-state index contributed by atoms with van der Waals surface area (Å²) in [6.45, 7) is 6.76. The highest BCUT2D eigenvalue weighted by atomic mass is 32.2. The molecule has 1 aliphatic heterocycles. The van der Waals surface area contributed by atoms with Gasteiger partial charge in [0.15, 0.2) is 6.54 Å². The molecule has 0 amide bonds. The Morgan fingerprint density at radius 3 is 2.41 bits per heavy atom. The lowest BCUT2D eigenvalue weighted by atomic mass is 10.1. The summed E-state index contributed by atoms with van der Waals surface area (Å²) in [6.07, 6.45) is 5.54. The highest BCUT2D eigenvalue weighted by molar-refractivity contribution is 8.03. The second-order valence-electron chi connectivity index (χ2n) is 9.55. The third kappa shape index (κ3) is 7.52. The first kappa shape index (κ1) is 29.3. The summed E-state index contributed by atoms with van der Waals surface area (Å²) >= 11 is 1.64. The van der Waals surface area contributed by atoms with Gasteiger partial charge in [0.25, 0.3) is 25.8 Å². The van der Waals surface area contributed by atoms with Crippen molar-refractivity contribution < 1.29 is 34.9 Å². The molecule has 12 heteroatoms. The Labute approximate surface area is 233 Å². The van der Waals surface area contributed by atoms with E-state index in [0.29, 0.717) is 37.3 Å². The Balaban J connectivity index is 1.70. The molecule has 0 aliphatic carbocycles. The maximum atomic E-state index is 11.5. The maximum Gasteiger partial charge on any atom is 0.374 e. The van der Waals surface area contributed by atoms with Crippen LogP contribution in [0, 0.1) is 13.8 Å². The Bertz CT molecular complexity index is 1660. The van der Waals surface area contributed by atoms with Crippen molar-refractivity contribution in [1.82, 2.24) is 0 Å². The Morgan fingerprint density at radius 2 is 1.72 bits per heavy atom. The predicted octanol–water partition coefficient (Wildman–Crippen LogP) is 5.14. The van der Waals surface area contributed by atoms with Gasteiger partial charge in [0.1, 0.15) is 5.75 Å². The fraction of sp³-hybridized carbons (Fsp3) is 0.370. The summed E-state index contributed by atoms with van der Waals surface area (Å²) in [5.41, 5.74) is 5.68. The fourth-order valence-electron chi connectivity index (χ4n) is 4.41. The normalized spacial score (nSPS) is 15.5. The van der Waals surface area contributed by atoms with Gasteiger partial charge in [-0.2, -0.15) is 21.4 Å². The molecule has 0 spiro atoms. The second-order valence-corrected chi connectivity index (χ2v) is 13.8. The van der Waals surface area contributed by atoms with Gasteiger partial charge in [-0.25, -0.2) is 0 Å². The zero-order valence-electron chi connectivity index (χ0n) is 22.1. The van der Waals surface area contributed by atoms with E-state index in [1.54, 1.807) is 16.3 Å². The summed E-state index contributed by atoms with van der Waals surface area (Å²) in [5, 5.41) is 0.982. The zero-order chi connectivity index (χ0) is 28.4. The number of unbranched alkanes of at least 4 members (excludes halogenated alkanes) is 1. The third-order valence-corrected chi connectivity index (χ3v) is 9.21. The molecule has 4 rings (SSSR count). The minimum absolute atomic E-state index is 0.0356. The second kappa shape index (κ2) is 11.8. The molecular weight excluding hydrogens is 561 g/mol. The number of fused-ring (bicyclic) bond motifs is 2. The van der Waals surface area contributed by atoms with Crippen molar-refractivity contribution in [3.8, 4) is 0 Å². The summed E-state index contributed by atoms with van der Waals surface area (Å²) < 4.78 is 71.6. The topological polar surface area (TPSA) is 129 Å². The number of aryl methyl sites for hydroxylation is 3. The minimum atomic E-state index is -4.16. The van der Waals surface area contributed by atoms with Gasteiger partial charge >= 0.3 is 5.89 Å². The molecule has 0 fully saturated rings. The molecule has 0 bridgehead atoms. The van der Waals surface area contributed by atoms with Gasteiger partial charge in [-0.1, -0.05) is 30.8 Å². The molecule has 9 nitrogen and oxygen atoms in total. The van der Waals surface area contributed by atoms with Crippen LogP contribution in [0.5, 0.6) is 0 Å². The van der Waals surface area contributed by atoms with Crippen LogP contribution in [-0.4, -0.2) is 44.0 Å². The largest absolute Gasteiger partial charge is 0.398 e. The van der Waals surface area contributed by atoms with Crippen molar-refractivity contribution in [3.63, 3.8) is 0 Å². The Morgan fingerprint density at radius 1 is 1.03 bits per heavy atom. The number of benzene rings is 2. The van der Waals surface area contributed by atoms with Crippen molar-refractivity contribution in [3.05, 3.63) is 70.1 Å². The third-order valence-electron chi connectivity index (χ3n) is 6.62. The van der Waals surface area contributed by atoms with Crippen molar-refractivity contribution in [2.24, 2.45) is 0 Å². The van der Waals surface area contributed by atoms with Crippen LogP contribution < -0.4 is 9.47 Å². The molecule has 2 N–H and O–H groups in total. The lowest BCUT2D eigenvalue weighted by molar-refractivity contribution is -0.673. The summed E-state index contributed by atoms with van der Waals surface area (Å²) in [4.78, 5) is 3.28. The van der Waals surface area contributed by atoms with Crippen molar-refractivity contribution in [2.45, 2.75) is 51.5 Å². The molecule has 39 heavy (non-hydrogen) atoms. The minimum Gasteiger partial charge on any atom is -0.398 e. The average Bonchev–Trinajstić information content (AvgIpc) is 3.36. The van der Waals surface area contributed by atoms with E-state index < -0.39 is 26.0 Å². The molecule has 0 saturated carbocycles. The van der Waals surface area contributed by atoms with E-state index in [-0.39, 0.29) is 12.3 Å². The van der Waals surface area contributed by atoms with Crippen LogP contribution >= 0.6 is 11.8 Å². The maximum absolute atomic E-state index is 11.5. The van der Waals surface area contributed by atoms with Gasteiger partial charge in [0.2, 0.25) is 5.58 Å². The van der Waals surface area contributed by atoms with Crippen LogP contribution in [0.4, 0.5) is 5.69 Å². The van der Waals surface area contributed by atoms with E-state index in [2.05, 4.69) is 37.0 Å². The molecule has 0 atom stereocenters. The number of allylic oxidation sites excluding steroid dienone is 2. The summed E-state index contributed by atoms with van der Waals surface area (Å²) in [7, 11) is -8.17. The molecule has 1 aliphatic rings. The number of aromatic nitrogens is 1. The molecular formula is C27H33N2O7S3+. The van der Waals surface area contributed by atoms with E-state index >= 15 is 0 Å². The van der Waals surface area contributed by atoms with Crippen LogP contribution in [0.15, 0.2) is 62.4 Å². The van der Waals surface area contributed by atoms with Gasteiger partial charge in [0.05, 0.1) is 22.5 Å². The first-order chi connectivity index (χ1) is 18.3. The van der Waals surface area contributed by atoms with E-state index in [0.717, 1.165) is 32.3 Å². The summed E-state index contributed by atoms with van der Waals surface area (Å²) in [5.74, 6) is -0.241. The Hall–Kier alpha value is -2.64. The number of anilines is 1. The molecule has 3 aromatic rings.